The molecule has 0 saturated carbocycles. The first-order valence-electron chi connectivity index (χ1n) is 4.70. The number of H-pyrrole nitrogens is 1. The molecule has 1 N–H and O–H groups in total. The van der Waals surface area contributed by atoms with Crippen LogP contribution in [-0.4, -0.2) is 10.8 Å². The van der Waals surface area contributed by atoms with Crippen LogP contribution in [0.2, 0.25) is 0 Å². The Morgan fingerprint density at radius 3 is 2.64 bits per heavy atom. The highest BCUT2D eigenvalue weighted by atomic mass is 16.1. The molecular weight excluding hydrogens is 174 g/mol. The van der Waals surface area contributed by atoms with Crippen LogP contribution in [0.15, 0.2) is 18.2 Å². The SMILES string of the molecule is CC(=O)c1cccc2[nH]c(C)c(C)c12. The van der Waals surface area contributed by atoms with Crippen LogP contribution in [0.25, 0.3) is 10.9 Å². The second-order valence-corrected chi connectivity index (χ2v) is 3.66. The lowest BCUT2D eigenvalue weighted by Crippen LogP contribution is -1.92. The van der Waals surface area contributed by atoms with Gasteiger partial charge in [-0.3, -0.25) is 4.79 Å². The van der Waals surface area contributed by atoms with Gasteiger partial charge in [0.1, 0.15) is 0 Å². The van der Waals surface area contributed by atoms with E-state index >= 15 is 0 Å². The summed E-state index contributed by atoms with van der Waals surface area (Å²) in [4.78, 5) is 14.7. The summed E-state index contributed by atoms with van der Waals surface area (Å²) < 4.78 is 0. The Morgan fingerprint density at radius 2 is 2.00 bits per heavy atom. The van der Waals surface area contributed by atoms with Crippen molar-refractivity contribution in [2.75, 3.05) is 0 Å². The van der Waals surface area contributed by atoms with Crippen molar-refractivity contribution in [3.05, 3.63) is 35.0 Å². The zero-order valence-electron chi connectivity index (χ0n) is 8.64. The molecule has 0 aliphatic heterocycles. The molecule has 2 rings (SSSR count). The van der Waals surface area contributed by atoms with E-state index in [2.05, 4.69) is 4.98 Å². The average Bonchev–Trinajstić information content (AvgIpc) is 2.43. The van der Waals surface area contributed by atoms with Gasteiger partial charge < -0.3 is 4.98 Å². The molecule has 0 amide bonds. The molecule has 2 heteroatoms. The van der Waals surface area contributed by atoms with Crippen LogP contribution in [0, 0.1) is 13.8 Å². The Balaban J connectivity index is 2.91. The molecule has 2 aromatic rings. The molecular formula is C12H13NO. The van der Waals surface area contributed by atoms with Crippen molar-refractivity contribution in [2.45, 2.75) is 20.8 Å². The van der Waals surface area contributed by atoms with Crippen molar-refractivity contribution in [3.8, 4) is 0 Å². The maximum absolute atomic E-state index is 11.4. The van der Waals surface area contributed by atoms with Gasteiger partial charge in [0.25, 0.3) is 0 Å². The number of hydrogen-bond acceptors (Lipinski definition) is 1. The van der Waals surface area contributed by atoms with Crippen LogP contribution in [-0.2, 0) is 0 Å². The molecule has 0 unspecified atom stereocenters. The lowest BCUT2D eigenvalue weighted by molar-refractivity contribution is 0.101. The molecule has 0 aliphatic rings. The minimum atomic E-state index is 0.123. The Hall–Kier alpha value is -1.57. The number of Topliss-reactive ketones (excluding diaryl/α,β-unsaturated/α-hetero) is 1. The topological polar surface area (TPSA) is 32.9 Å². The number of hydrogen-bond donors (Lipinski definition) is 1. The highest BCUT2D eigenvalue weighted by Gasteiger charge is 2.10. The summed E-state index contributed by atoms with van der Waals surface area (Å²) in [6.07, 6.45) is 0. The Bertz CT molecular complexity index is 508. The summed E-state index contributed by atoms with van der Waals surface area (Å²) in [7, 11) is 0. The predicted octanol–water partition coefficient (Wildman–Crippen LogP) is 2.99. The van der Waals surface area contributed by atoms with Gasteiger partial charge in [-0.1, -0.05) is 12.1 Å². The molecule has 0 bridgehead atoms. The van der Waals surface area contributed by atoms with E-state index in [4.69, 9.17) is 0 Å². The molecule has 1 aromatic carbocycles. The van der Waals surface area contributed by atoms with Crippen molar-refractivity contribution in [2.24, 2.45) is 0 Å². The number of rotatable bonds is 1. The van der Waals surface area contributed by atoms with E-state index in [9.17, 15) is 4.79 Å². The third kappa shape index (κ3) is 1.15. The number of aromatic nitrogens is 1. The molecule has 2 nitrogen and oxygen atoms in total. The fourth-order valence-corrected chi connectivity index (χ4v) is 1.84. The van der Waals surface area contributed by atoms with E-state index in [1.54, 1.807) is 6.92 Å². The first-order valence-corrected chi connectivity index (χ1v) is 4.70. The van der Waals surface area contributed by atoms with Gasteiger partial charge in [-0.2, -0.15) is 0 Å². The second kappa shape index (κ2) is 2.98. The lowest BCUT2D eigenvalue weighted by Gasteiger charge is -1.99. The van der Waals surface area contributed by atoms with Crippen LogP contribution >= 0.6 is 0 Å². The highest BCUT2D eigenvalue weighted by molar-refractivity contribution is 6.07. The number of aryl methyl sites for hydroxylation is 2. The average molecular weight is 187 g/mol. The van der Waals surface area contributed by atoms with Gasteiger partial charge in [0, 0.05) is 22.2 Å². The summed E-state index contributed by atoms with van der Waals surface area (Å²) in [5.41, 5.74) is 4.16. The molecule has 0 atom stereocenters. The lowest BCUT2D eigenvalue weighted by atomic mass is 10.0. The maximum Gasteiger partial charge on any atom is 0.160 e. The first-order chi connectivity index (χ1) is 6.61. The smallest absolute Gasteiger partial charge is 0.160 e. The van der Waals surface area contributed by atoms with Crippen molar-refractivity contribution in [1.82, 2.24) is 4.98 Å². The number of carbonyl (C=O) groups excluding carboxylic acids is 1. The molecule has 72 valence electrons. The van der Waals surface area contributed by atoms with Crippen molar-refractivity contribution in [3.63, 3.8) is 0 Å². The van der Waals surface area contributed by atoms with E-state index < -0.39 is 0 Å². The minimum Gasteiger partial charge on any atom is -0.358 e. The van der Waals surface area contributed by atoms with Crippen LogP contribution in [0.4, 0.5) is 0 Å². The summed E-state index contributed by atoms with van der Waals surface area (Å²) in [6.45, 7) is 5.68. The van der Waals surface area contributed by atoms with Gasteiger partial charge in [0.05, 0.1) is 0 Å². The quantitative estimate of drug-likeness (QED) is 0.684. The number of carbonyl (C=O) groups is 1. The molecule has 0 saturated heterocycles. The van der Waals surface area contributed by atoms with Crippen LogP contribution in [0.5, 0.6) is 0 Å². The van der Waals surface area contributed by atoms with E-state index in [1.807, 2.05) is 32.0 Å². The minimum absolute atomic E-state index is 0.123. The number of benzene rings is 1. The summed E-state index contributed by atoms with van der Waals surface area (Å²) in [5, 5.41) is 1.07. The molecule has 1 aromatic heterocycles. The second-order valence-electron chi connectivity index (χ2n) is 3.66. The maximum atomic E-state index is 11.4. The van der Waals surface area contributed by atoms with Crippen molar-refractivity contribution in [1.29, 1.82) is 0 Å². The zero-order valence-corrected chi connectivity index (χ0v) is 8.64. The Labute approximate surface area is 82.9 Å². The number of fused-ring (bicyclic) bond motifs is 1. The van der Waals surface area contributed by atoms with Crippen molar-refractivity contribution < 1.29 is 4.79 Å². The Kier molecular flexibility index (Phi) is 1.92. The van der Waals surface area contributed by atoms with Crippen LogP contribution < -0.4 is 0 Å². The predicted molar refractivity (Wildman–Crippen MR) is 57.8 cm³/mol. The third-order valence-corrected chi connectivity index (χ3v) is 2.70. The van der Waals surface area contributed by atoms with Crippen LogP contribution in [0.1, 0.15) is 28.5 Å². The molecule has 0 spiro atoms. The van der Waals surface area contributed by atoms with Gasteiger partial charge in [-0.05, 0) is 32.4 Å². The fourth-order valence-electron chi connectivity index (χ4n) is 1.84. The van der Waals surface area contributed by atoms with Crippen molar-refractivity contribution >= 4 is 16.7 Å². The normalized spacial score (nSPS) is 10.8. The summed E-state index contributed by atoms with van der Waals surface area (Å²) >= 11 is 0. The standard InChI is InChI=1S/C12H13NO/c1-7-8(2)13-11-6-4-5-10(9(3)14)12(7)11/h4-6,13H,1-3H3. The first kappa shape index (κ1) is 9.00. The third-order valence-electron chi connectivity index (χ3n) is 2.70. The van der Waals surface area contributed by atoms with E-state index in [1.165, 1.54) is 5.56 Å². The monoisotopic (exact) mass is 187 g/mol. The number of aromatic amines is 1. The molecule has 0 fully saturated rings. The van der Waals surface area contributed by atoms with Crippen LogP contribution in [0.3, 0.4) is 0 Å². The molecule has 0 radical (unpaired) electrons. The van der Waals surface area contributed by atoms with E-state index in [-0.39, 0.29) is 5.78 Å². The van der Waals surface area contributed by atoms with Gasteiger partial charge in [0.2, 0.25) is 0 Å². The summed E-state index contributed by atoms with van der Waals surface area (Å²) in [5.74, 6) is 0.123. The largest absolute Gasteiger partial charge is 0.358 e. The highest BCUT2D eigenvalue weighted by Crippen LogP contribution is 2.24. The van der Waals surface area contributed by atoms with Gasteiger partial charge in [0.15, 0.2) is 5.78 Å². The van der Waals surface area contributed by atoms with Gasteiger partial charge in [-0.25, -0.2) is 0 Å². The molecule has 0 aliphatic carbocycles. The molecule has 1 heterocycles. The fraction of sp³-hybridized carbons (Fsp3) is 0.250. The Morgan fingerprint density at radius 1 is 1.29 bits per heavy atom. The number of ketones is 1. The molecule has 14 heavy (non-hydrogen) atoms. The summed E-state index contributed by atoms with van der Waals surface area (Å²) in [6, 6.07) is 5.79. The van der Waals surface area contributed by atoms with E-state index in [0.29, 0.717) is 0 Å². The zero-order chi connectivity index (χ0) is 10.3. The number of nitrogens with one attached hydrogen (secondary N) is 1. The van der Waals surface area contributed by atoms with Gasteiger partial charge in [-0.15, -0.1) is 0 Å². The van der Waals surface area contributed by atoms with Gasteiger partial charge >= 0.3 is 0 Å². The van der Waals surface area contributed by atoms with E-state index in [0.717, 1.165) is 22.2 Å².